The first-order valence-corrected chi connectivity index (χ1v) is 8.26. The van der Waals surface area contributed by atoms with Crippen molar-refractivity contribution in [1.29, 1.82) is 0 Å². The van der Waals surface area contributed by atoms with Crippen LogP contribution in [0.3, 0.4) is 0 Å². The summed E-state index contributed by atoms with van der Waals surface area (Å²) in [5.41, 5.74) is 2.16. The second-order valence-electron chi connectivity index (χ2n) is 5.70. The lowest BCUT2D eigenvalue weighted by atomic mass is 9.88. The van der Waals surface area contributed by atoms with Crippen LogP contribution in [0.15, 0.2) is 28.9 Å². The Labute approximate surface area is 137 Å². The highest BCUT2D eigenvalue weighted by molar-refractivity contribution is 9.10. The predicted molar refractivity (Wildman–Crippen MR) is 87.7 cm³/mol. The molecule has 1 saturated carbocycles. The maximum Gasteiger partial charge on any atom is 0.317 e. The van der Waals surface area contributed by atoms with Crippen molar-refractivity contribution >= 4 is 38.6 Å². The van der Waals surface area contributed by atoms with Gasteiger partial charge in [0.05, 0.1) is 6.61 Å². The van der Waals surface area contributed by atoms with E-state index in [0.717, 1.165) is 20.9 Å². The van der Waals surface area contributed by atoms with Crippen molar-refractivity contribution in [2.24, 2.45) is 13.0 Å². The number of fused-ring (bicyclic) bond motifs is 1. The van der Waals surface area contributed by atoms with Crippen molar-refractivity contribution in [2.45, 2.75) is 25.7 Å². The Morgan fingerprint density at radius 3 is 2.95 bits per heavy atom. The zero-order chi connectivity index (χ0) is 15.9. The highest BCUT2D eigenvalue weighted by Crippen LogP contribution is 2.42. The number of carbonyl (C=O) groups excluding carboxylic acids is 2. The lowest BCUT2D eigenvalue weighted by Crippen LogP contribution is -2.26. The summed E-state index contributed by atoms with van der Waals surface area (Å²) in [7, 11) is 1.98. The van der Waals surface area contributed by atoms with Crippen LogP contribution in [0.4, 0.5) is 0 Å². The maximum atomic E-state index is 12.2. The molecule has 0 N–H and O–H groups in total. The van der Waals surface area contributed by atoms with Gasteiger partial charge in [0.1, 0.15) is 11.7 Å². The monoisotopic (exact) mass is 363 g/mol. The summed E-state index contributed by atoms with van der Waals surface area (Å²) in [5, 5.41) is 1.09. The van der Waals surface area contributed by atoms with Gasteiger partial charge in [-0.3, -0.25) is 9.59 Å². The number of ketones is 1. The third-order valence-electron chi connectivity index (χ3n) is 4.37. The number of aromatic nitrogens is 1. The fourth-order valence-corrected chi connectivity index (χ4v) is 3.76. The van der Waals surface area contributed by atoms with Crippen LogP contribution in [0.1, 0.15) is 31.2 Å². The summed E-state index contributed by atoms with van der Waals surface area (Å²) in [6.07, 6.45) is 3.18. The Bertz CT molecular complexity index is 750. The van der Waals surface area contributed by atoms with Gasteiger partial charge in [-0.25, -0.2) is 0 Å². The molecule has 4 nitrogen and oxygen atoms in total. The summed E-state index contributed by atoms with van der Waals surface area (Å²) in [6.45, 7) is 2.07. The minimum Gasteiger partial charge on any atom is -0.465 e. The first kappa shape index (κ1) is 15.3. The number of carbonyl (C=O) groups is 2. The van der Waals surface area contributed by atoms with Crippen LogP contribution in [-0.4, -0.2) is 22.9 Å². The average molecular weight is 364 g/mol. The number of rotatable bonds is 3. The zero-order valence-electron chi connectivity index (χ0n) is 12.6. The van der Waals surface area contributed by atoms with E-state index < -0.39 is 5.92 Å². The van der Waals surface area contributed by atoms with Crippen molar-refractivity contribution in [3.05, 3.63) is 34.4 Å². The van der Waals surface area contributed by atoms with Crippen molar-refractivity contribution in [2.75, 3.05) is 6.61 Å². The molecule has 1 aliphatic rings. The molecule has 1 aromatic carbocycles. The Hall–Kier alpha value is -1.62. The lowest BCUT2D eigenvalue weighted by molar-refractivity contribution is -0.151. The summed E-state index contributed by atoms with van der Waals surface area (Å²) in [6, 6.07) is 6.09. The van der Waals surface area contributed by atoms with Crippen molar-refractivity contribution in [3.8, 4) is 0 Å². The number of aryl methyl sites for hydroxylation is 1. The average Bonchev–Trinajstić information content (AvgIpc) is 3.00. The van der Waals surface area contributed by atoms with Gasteiger partial charge in [-0.05, 0) is 37.1 Å². The molecule has 3 rings (SSSR count). The second-order valence-corrected chi connectivity index (χ2v) is 6.61. The molecule has 0 spiro atoms. The third-order valence-corrected chi connectivity index (χ3v) is 4.87. The van der Waals surface area contributed by atoms with Crippen molar-refractivity contribution in [3.63, 3.8) is 0 Å². The highest BCUT2D eigenvalue weighted by atomic mass is 79.9. The van der Waals surface area contributed by atoms with Gasteiger partial charge in [0.25, 0.3) is 0 Å². The van der Waals surface area contributed by atoms with E-state index in [4.69, 9.17) is 4.74 Å². The Morgan fingerprint density at radius 1 is 1.45 bits per heavy atom. The zero-order valence-corrected chi connectivity index (χ0v) is 14.2. The van der Waals surface area contributed by atoms with Crippen molar-refractivity contribution in [1.82, 2.24) is 4.57 Å². The molecular weight excluding hydrogens is 346 g/mol. The van der Waals surface area contributed by atoms with E-state index in [1.54, 1.807) is 6.92 Å². The van der Waals surface area contributed by atoms with Crippen LogP contribution in [0.2, 0.25) is 0 Å². The van der Waals surface area contributed by atoms with Crippen LogP contribution >= 0.6 is 15.9 Å². The molecule has 1 heterocycles. The summed E-state index contributed by atoms with van der Waals surface area (Å²) >= 11 is 3.50. The van der Waals surface area contributed by atoms with Crippen LogP contribution < -0.4 is 0 Å². The van der Waals surface area contributed by atoms with E-state index in [1.807, 2.05) is 29.9 Å². The second kappa shape index (κ2) is 5.88. The van der Waals surface area contributed by atoms with E-state index in [9.17, 15) is 9.59 Å². The fraction of sp³-hybridized carbons (Fsp3) is 0.412. The molecule has 0 bridgehead atoms. The predicted octanol–water partition coefficient (Wildman–Crippen LogP) is 3.57. The van der Waals surface area contributed by atoms with Gasteiger partial charge in [0.2, 0.25) is 0 Å². The van der Waals surface area contributed by atoms with Gasteiger partial charge in [-0.1, -0.05) is 15.9 Å². The first-order valence-electron chi connectivity index (χ1n) is 7.46. The topological polar surface area (TPSA) is 48.3 Å². The van der Waals surface area contributed by atoms with E-state index in [-0.39, 0.29) is 17.7 Å². The number of benzene rings is 1. The number of hydrogen-bond acceptors (Lipinski definition) is 3. The number of ether oxygens (including phenoxy) is 1. The molecule has 1 aliphatic carbocycles. The summed E-state index contributed by atoms with van der Waals surface area (Å²) < 4.78 is 8.15. The minimum atomic E-state index is -0.662. The molecule has 22 heavy (non-hydrogen) atoms. The van der Waals surface area contributed by atoms with Crippen LogP contribution in [0.25, 0.3) is 10.9 Å². The normalized spacial score (nSPS) is 21.5. The van der Waals surface area contributed by atoms with E-state index in [0.29, 0.717) is 19.4 Å². The molecule has 0 amide bonds. The quantitative estimate of drug-likeness (QED) is 0.618. The molecule has 2 aromatic rings. The Kier molecular flexibility index (Phi) is 4.08. The molecule has 0 saturated heterocycles. The van der Waals surface area contributed by atoms with Gasteiger partial charge in [0, 0.05) is 41.0 Å². The summed E-state index contributed by atoms with van der Waals surface area (Å²) in [5.74, 6) is -1.15. The van der Waals surface area contributed by atoms with Crippen LogP contribution in [0.5, 0.6) is 0 Å². The van der Waals surface area contributed by atoms with Gasteiger partial charge in [-0.15, -0.1) is 0 Å². The molecule has 1 aromatic heterocycles. The number of halogens is 1. The smallest absolute Gasteiger partial charge is 0.317 e. The molecule has 116 valence electrons. The highest BCUT2D eigenvalue weighted by Gasteiger charge is 2.42. The molecule has 0 aliphatic heterocycles. The van der Waals surface area contributed by atoms with E-state index in [2.05, 4.69) is 22.0 Å². The number of nitrogens with zero attached hydrogens (tertiary/aromatic N) is 1. The SMILES string of the molecule is CCOC(=O)[C@H]1C(=O)CC[C@@H]1c1cn(C)c2ccc(Br)cc12. The number of Topliss-reactive ketones (excluding diaryl/α,β-unsaturated/α-hetero) is 1. The molecular formula is C17H18BrNO3. The Morgan fingerprint density at radius 2 is 2.23 bits per heavy atom. The van der Waals surface area contributed by atoms with Gasteiger partial charge >= 0.3 is 5.97 Å². The molecule has 5 heteroatoms. The minimum absolute atomic E-state index is 0.00421. The van der Waals surface area contributed by atoms with Gasteiger partial charge in [-0.2, -0.15) is 0 Å². The number of hydrogen-bond donors (Lipinski definition) is 0. The molecule has 0 radical (unpaired) electrons. The van der Waals surface area contributed by atoms with Crippen LogP contribution in [-0.2, 0) is 21.4 Å². The van der Waals surface area contributed by atoms with Gasteiger partial charge in [0.15, 0.2) is 0 Å². The third kappa shape index (κ3) is 2.47. The summed E-state index contributed by atoms with van der Waals surface area (Å²) in [4.78, 5) is 24.4. The molecule has 2 atom stereocenters. The lowest BCUT2D eigenvalue weighted by Gasteiger charge is -2.16. The fourth-order valence-electron chi connectivity index (χ4n) is 3.40. The molecule has 0 unspecified atom stereocenters. The van der Waals surface area contributed by atoms with Crippen LogP contribution in [0, 0.1) is 5.92 Å². The standard InChI is InChI=1S/C17H18BrNO3/c1-3-22-17(21)16-11(5-7-15(16)20)13-9-19(2)14-6-4-10(18)8-12(13)14/h4,6,8-9,11,16H,3,5,7H2,1-2H3/t11-,16-/m1/s1. The Balaban J connectivity index is 2.08. The van der Waals surface area contributed by atoms with Crippen molar-refractivity contribution < 1.29 is 14.3 Å². The van der Waals surface area contributed by atoms with E-state index in [1.165, 1.54) is 0 Å². The van der Waals surface area contributed by atoms with E-state index >= 15 is 0 Å². The number of esters is 1. The first-order chi connectivity index (χ1) is 10.5. The maximum absolute atomic E-state index is 12.2. The largest absolute Gasteiger partial charge is 0.465 e. The van der Waals surface area contributed by atoms with Gasteiger partial charge < -0.3 is 9.30 Å². The molecule has 1 fully saturated rings.